The van der Waals surface area contributed by atoms with E-state index in [-0.39, 0.29) is 0 Å². The van der Waals surface area contributed by atoms with Crippen LogP contribution in [0.25, 0.3) is 0 Å². The fraction of sp³-hybridized carbons (Fsp3) is 0.750. The lowest BCUT2D eigenvalue weighted by atomic mass is 9.66. The third-order valence-electron chi connectivity index (χ3n) is 2.49. The summed E-state index contributed by atoms with van der Waals surface area (Å²) >= 11 is 0. The van der Waals surface area contributed by atoms with Gasteiger partial charge in [0, 0.05) is 6.92 Å². The number of esters is 1. The summed E-state index contributed by atoms with van der Waals surface area (Å²) in [4.78, 5) is 20.5. The summed E-state index contributed by atoms with van der Waals surface area (Å²) in [5.41, 5.74) is -4.11. The zero-order valence-corrected chi connectivity index (χ0v) is 8.28. The van der Waals surface area contributed by atoms with E-state index in [4.69, 9.17) is 0 Å². The highest BCUT2D eigenvalue weighted by atomic mass is 19.4. The van der Waals surface area contributed by atoms with Crippen molar-refractivity contribution in [3.63, 3.8) is 0 Å². The van der Waals surface area contributed by atoms with E-state index in [0.29, 0.717) is 6.92 Å². The van der Waals surface area contributed by atoms with Gasteiger partial charge in [-0.15, -0.1) is 0 Å². The predicted molar refractivity (Wildman–Crippen MR) is 40.0 cm³/mol. The zero-order chi connectivity index (χ0) is 13.7. The number of halogens is 6. The van der Waals surface area contributed by atoms with Crippen LogP contribution in [0, 0.1) is 0 Å². The number of ether oxygens (including phenoxy) is 1. The van der Waals surface area contributed by atoms with Crippen molar-refractivity contribution in [2.75, 3.05) is 0 Å². The highest BCUT2D eigenvalue weighted by molar-refractivity contribution is 5.68. The summed E-state index contributed by atoms with van der Waals surface area (Å²) in [7, 11) is 0. The number of carbonyl (C=O) groups excluding carboxylic acids is 2. The maximum Gasteiger partial charge on any atom is 0.380 e. The van der Waals surface area contributed by atoms with Gasteiger partial charge in [0.05, 0.1) is 6.42 Å². The molecule has 1 aliphatic rings. The van der Waals surface area contributed by atoms with Gasteiger partial charge in [-0.1, -0.05) is 0 Å². The first kappa shape index (κ1) is 13.8. The van der Waals surface area contributed by atoms with Crippen LogP contribution in [0.15, 0.2) is 0 Å². The monoisotopic (exact) mass is 264 g/mol. The largest absolute Gasteiger partial charge is 0.445 e. The van der Waals surface area contributed by atoms with Gasteiger partial charge in [-0.05, 0) is 0 Å². The Morgan fingerprint density at radius 3 is 1.76 bits per heavy atom. The van der Waals surface area contributed by atoms with Gasteiger partial charge in [-0.3, -0.25) is 4.79 Å². The number of aldehydes is 1. The summed E-state index contributed by atoms with van der Waals surface area (Å²) in [6, 6.07) is 0. The molecule has 0 bridgehead atoms. The van der Waals surface area contributed by atoms with E-state index in [1.165, 1.54) is 0 Å². The van der Waals surface area contributed by atoms with Gasteiger partial charge < -0.3 is 9.53 Å². The van der Waals surface area contributed by atoms with Crippen LogP contribution < -0.4 is 0 Å². The van der Waals surface area contributed by atoms with Gasteiger partial charge in [0.25, 0.3) is 5.60 Å². The van der Waals surface area contributed by atoms with Crippen LogP contribution >= 0.6 is 0 Å². The Morgan fingerprint density at radius 1 is 1.06 bits per heavy atom. The SMILES string of the molecule is CC(=O)OC1(CC=O)C(F)(F)C(F)(F)C1(F)F. The lowest BCUT2D eigenvalue weighted by Crippen LogP contribution is -2.87. The highest BCUT2D eigenvalue weighted by Gasteiger charge is 3.00. The third kappa shape index (κ3) is 1.25. The smallest absolute Gasteiger partial charge is 0.380 e. The van der Waals surface area contributed by atoms with Gasteiger partial charge in [0.1, 0.15) is 6.29 Å². The minimum atomic E-state index is -5.67. The van der Waals surface area contributed by atoms with Crippen molar-refractivity contribution in [2.45, 2.75) is 36.7 Å². The molecule has 0 aromatic heterocycles. The molecule has 0 amide bonds. The Labute approximate surface area is 90.7 Å². The van der Waals surface area contributed by atoms with Crippen LogP contribution in [-0.2, 0) is 14.3 Å². The van der Waals surface area contributed by atoms with Crippen LogP contribution in [0.1, 0.15) is 13.3 Å². The van der Waals surface area contributed by atoms with E-state index in [0.717, 1.165) is 0 Å². The summed E-state index contributed by atoms with van der Waals surface area (Å²) in [6.45, 7) is 0.495. The van der Waals surface area contributed by atoms with Gasteiger partial charge in [-0.2, -0.15) is 26.3 Å². The number of alkyl halides is 6. The Bertz CT molecular complexity index is 346. The molecule has 1 fully saturated rings. The van der Waals surface area contributed by atoms with E-state index in [2.05, 4.69) is 4.74 Å². The minimum absolute atomic E-state index is 0.431. The lowest BCUT2D eigenvalue weighted by Gasteiger charge is -2.56. The maximum atomic E-state index is 13.0. The first-order chi connectivity index (χ1) is 7.48. The highest BCUT2D eigenvalue weighted by Crippen LogP contribution is 2.69. The van der Waals surface area contributed by atoms with Crippen molar-refractivity contribution >= 4 is 12.3 Å². The van der Waals surface area contributed by atoms with Crippen LogP contribution in [0.3, 0.4) is 0 Å². The summed E-state index contributed by atoms with van der Waals surface area (Å²) in [5.74, 6) is -17.9. The van der Waals surface area contributed by atoms with E-state index < -0.39 is 42.0 Å². The molecule has 0 heterocycles. The van der Waals surface area contributed by atoms with Crippen LogP contribution in [-0.4, -0.2) is 35.6 Å². The second-order valence-corrected chi connectivity index (χ2v) is 3.51. The van der Waals surface area contributed by atoms with E-state index in [1.807, 2.05) is 0 Å². The van der Waals surface area contributed by atoms with Gasteiger partial charge in [0.15, 0.2) is 0 Å². The predicted octanol–water partition coefficient (Wildman–Crippen LogP) is 1.80. The van der Waals surface area contributed by atoms with Crippen LogP contribution in [0.2, 0.25) is 0 Å². The molecule has 98 valence electrons. The molecule has 0 radical (unpaired) electrons. The number of rotatable bonds is 3. The zero-order valence-electron chi connectivity index (χ0n) is 8.28. The summed E-state index contributed by atoms with van der Waals surface area (Å²) in [5, 5.41) is 0. The molecule has 17 heavy (non-hydrogen) atoms. The van der Waals surface area contributed by atoms with Gasteiger partial charge in [0.2, 0.25) is 0 Å². The third-order valence-corrected chi connectivity index (χ3v) is 2.49. The van der Waals surface area contributed by atoms with E-state index >= 15 is 0 Å². The molecule has 1 aliphatic carbocycles. The molecule has 0 N–H and O–H groups in total. The van der Waals surface area contributed by atoms with Crippen molar-refractivity contribution in [2.24, 2.45) is 0 Å². The molecule has 1 saturated carbocycles. The van der Waals surface area contributed by atoms with Gasteiger partial charge in [-0.25, -0.2) is 0 Å². The summed E-state index contributed by atoms with van der Waals surface area (Å²) < 4.78 is 80.8. The second-order valence-electron chi connectivity index (χ2n) is 3.51. The average Bonchev–Trinajstić information content (AvgIpc) is 2.14. The second kappa shape index (κ2) is 3.36. The van der Waals surface area contributed by atoms with Crippen molar-refractivity contribution in [1.82, 2.24) is 0 Å². The first-order valence-electron chi connectivity index (χ1n) is 4.24. The fourth-order valence-electron chi connectivity index (χ4n) is 1.63. The standard InChI is InChI=1S/C8H6F6O3/c1-4(16)17-5(2-3-15)6(9,10)8(13,14)7(5,11)12/h3H,2H2,1H3. The molecule has 0 saturated heterocycles. The topological polar surface area (TPSA) is 43.4 Å². The van der Waals surface area contributed by atoms with Crippen LogP contribution in [0.4, 0.5) is 26.3 Å². The number of carbonyl (C=O) groups is 2. The quantitative estimate of drug-likeness (QED) is 0.443. The molecule has 0 atom stereocenters. The molecule has 1 rings (SSSR count). The molecule has 0 aromatic carbocycles. The van der Waals surface area contributed by atoms with Crippen molar-refractivity contribution in [3.8, 4) is 0 Å². The first-order valence-corrected chi connectivity index (χ1v) is 4.24. The average molecular weight is 264 g/mol. The molecule has 0 aromatic rings. The molecule has 3 nitrogen and oxygen atoms in total. The number of hydrogen-bond acceptors (Lipinski definition) is 3. The van der Waals surface area contributed by atoms with E-state index in [1.54, 1.807) is 0 Å². The molecule has 0 unspecified atom stereocenters. The molecule has 9 heteroatoms. The Morgan fingerprint density at radius 2 is 1.47 bits per heavy atom. The van der Waals surface area contributed by atoms with Crippen molar-refractivity contribution < 1.29 is 40.7 Å². The molecular weight excluding hydrogens is 258 g/mol. The normalized spacial score (nSPS) is 26.8. The Kier molecular flexibility index (Phi) is 2.72. The van der Waals surface area contributed by atoms with Crippen molar-refractivity contribution in [3.05, 3.63) is 0 Å². The van der Waals surface area contributed by atoms with Crippen LogP contribution in [0.5, 0.6) is 0 Å². The number of hydrogen-bond donors (Lipinski definition) is 0. The lowest BCUT2D eigenvalue weighted by molar-refractivity contribution is -0.487. The minimum Gasteiger partial charge on any atom is -0.445 e. The Hall–Kier alpha value is -1.28. The van der Waals surface area contributed by atoms with Gasteiger partial charge >= 0.3 is 23.7 Å². The van der Waals surface area contributed by atoms with E-state index in [9.17, 15) is 35.9 Å². The Balaban J connectivity index is 3.31. The molecule has 0 aliphatic heterocycles. The molecule has 0 spiro atoms. The maximum absolute atomic E-state index is 13.0. The van der Waals surface area contributed by atoms with Crippen molar-refractivity contribution in [1.29, 1.82) is 0 Å². The molecular formula is C8H6F6O3. The fourth-order valence-corrected chi connectivity index (χ4v) is 1.63. The summed E-state index contributed by atoms with van der Waals surface area (Å²) in [6.07, 6.45) is -2.15.